The summed E-state index contributed by atoms with van der Waals surface area (Å²) in [4.78, 5) is 15.1. The van der Waals surface area contributed by atoms with Crippen LogP contribution in [0.3, 0.4) is 0 Å². The Morgan fingerprint density at radius 2 is 2.19 bits per heavy atom. The predicted molar refractivity (Wildman–Crippen MR) is 83.9 cm³/mol. The first-order valence-corrected chi connectivity index (χ1v) is 7.60. The highest BCUT2D eigenvalue weighted by molar-refractivity contribution is 7.09. The van der Waals surface area contributed by atoms with Crippen LogP contribution in [0, 0.1) is 10.1 Å². The van der Waals surface area contributed by atoms with Gasteiger partial charge in [-0.3, -0.25) is 10.1 Å². The average molecular weight is 301 g/mol. The molecular weight excluding hydrogens is 286 g/mol. The van der Waals surface area contributed by atoms with Crippen molar-refractivity contribution in [3.8, 4) is 0 Å². The Hall–Kier alpha value is -2.21. The van der Waals surface area contributed by atoms with E-state index in [9.17, 15) is 10.1 Å². The van der Waals surface area contributed by atoms with Crippen molar-refractivity contribution in [3.05, 3.63) is 56.7 Å². The topological polar surface area (TPSA) is 61.0 Å². The summed E-state index contributed by atoms with van der Waals surface area (Å²) < 4.78 is 2.07. The predicted octanol–water partition coefficient (Wildman–Crippen LogP) is 4.18. The molecule has 0 saturated carbocycles. The monoisotopic (exact) mass is 301 g/mol. The smallest absolute Gasteiger partial charge is 0.270 e. The van der Waals surface area contributed by atoms with E-state index in [4.69, 9.17) is 0 Å². The number of nitro groups is 1. The third-order valence-corrected chi connectivity index (χ3v) is 4.56. The van der Waals surface area contributed by atoms with Crippen LogP contribution < -0.4 is 0 Å². The first-order chi connectivity index (χ1) is 10.0. The van der Waals surface area contributed by atoms with Crippen molar-refractivity contribution in [2.75, 3.05) is 0 Å². The van der Waals surface area contributed by atoms with Crippen LogP contribution in [-0.4, -0.2) is 14.5 Å². The Bertz CT molecular complexity index is 804. The van der Waals surface area contributed by atoms with Gasteiger partial charge in [0.1, 0.15) is 0 Å². The molecule has 2 heterocycles. The highest BCUT2D eigenvalue weighted by Gasteiger charge is 2.10. The lowest BCUT2D eigenvalue weighted by molar-refractivity contribution is -0.384. The van der Waals surface area contributed by atoms with E-state index >= 15 is 0 Å². The van der Waals surface area contributed by atoms with Crippen LogP contribution in [0.4, 0.5) is 5.69 Å². The van der Waals surface area contributed by atoms with Gasteiger partial charge >= 0.3 is 0 Å². The summed E-state index contributed by atoms with van der Waals surface area (Å²) in [6.07, 6.45) is 1.95. The molecule has 108 valence electrons. The van der Waals surface area contributed by atoms with Crippen molar-refractivity contribution in [2.45, 2.75) is 26.3 Å². The number of non-ortho nitro benzene ring substituents is 1. The van der Waals surface area contributed by atoms with E-state index < -0.39 is 0 Å². The van der Waals surface area contributed by atoms with Gasteiger partial charge in [-0.15, -0.1) is 11.3 Å². The lowest BCUT2D eigenvalue weighted by Gasteiger charge is -2.03. The third kappa shape index (κ3) is 2.67. The van der Waals surface area contributed by atoms with Crippen molar-refractivity contribution in [3.63, 3.8) is 0 Å². The molecule has 0 amide bonds. The molecule has 0 radical (unpaired) electrons. The Labute approximate surface area is 126 Å². The fourth-order valence-corrected chi connectivity index (χ4v) is 3.10. The van der Waals surface area contributed by atoms with Gasteiger partial charge in [-0.05, 0) is 12.1 Å². The van der Waals surface area contributed by atoms with E-state index in [-0.39, 0.29) is 10.6 Å². The van der Waals surface area contributed by atoms with Gasteiger partial charge in [0.2, 0.25) is 0 Å². The summed E-state index contributed by atoms with van der Waals surface area (Å²) in [5.74, 6) is 0.438. The molecule has 21 heavy (non-hydrogen) atoms. The fourth-order valence-electron chi connectivity index (χ4n) is 2.27. The molecule has 0 spiro atoms. The molecule has 0 aliphatic rings. The maximum Gasteiger partial charge on any atom is 0.270 e. The molecule has 0 bridgehead atoms. The van der Waals surface area contributed by atoms with E-state index in [0.717, 1.165) is 21.6 Å². The van der Waals surface area contributed by atoms with Gasteiger partial charge in [0, 0.05) is 40.5 Å². The second kappa shape index (κ2) is 5.29. The van der Waals surface area contributed by atoms with Gasteiger partial charge in [-0.1, -0.05) is 13.8 Å². The molecule has 0 atom stereocenters. The van der Waals surface area contributed by atoms with Crippen LogP contribution in [-0.2, 0) is 6.54 Å². The summed E-state index contributed by atoms with van der Waals surface area (Å²) in [6.45, 7) is 4.95. The standard InChI is InChI=1S/C15H15N3O2S/c1-10(2)15-16-12(9-21-15)8-17-6-5-11-7-13(18(19)20)3-4-14(11)17/h3-7,9-10H,8H2,1-2H3. The van der Waals surface area contributed by atoms with Gasteiger partial charge < -0.3 is 4.57 Å². The highest BCUT2D eigenvalue weighted by Crippen LogP contribution is 2.24. The summed E-state index contributed by atoms with van der Waals surface area (Å²) in [7, 11) is 0. The second-order valence-electron chi connectivity index (χ2n) is 5.28. The van der Waals surface area contributed by atoms with Crippen LogP contribution in [0.2, 0.25) is 0 Å². The number of hydrogen-bond donors (Lipinski definition) is 0. The zero-order chi connectivity index (χ0) is 15.0. The zero-order valence-electron chi connectivity index (χ0n) is 11.8. The third-order valence-electron chi connectivity index (χ3n) is 3.36. The molecule has 3 aromatic rings. The Morgan fingerprint density at radius 1 is 1.38 bits per heavy atom. The lowest BCUT2D eigenvalue weighted by atomic mass is 10.2. The van der Waals surface area contributed by atoms with Gasteiger partial charge in [0.25, 0.3) is 5.69 Å². The largest absolute Gasteiger partial charge is 0.341 e. The quantitative estimate of drug-likeness (QED) is 0.536. The van der Waals surface area contributed by atoms with Crippen molar-refractivity contribution in [1.29, 1.82) is 0 Å². The van der Waals surface area contributed by atoms with Gasteiger partial charge in [0.05, 0.1) is 22.2 Å². The molecule has 2 aromatic heterocycles. The Kier molecular flexibility index (Phi) is 3.47. The molecule has 6 heteroatoms. The summed E-state index contributed by atoms with van der Waals surface area (Å²) in [6, 6.07) is 6.84. The number of fused-ring (bicyclic) bond motifs is 1. The highest BCUT2D eigenvalue weighted by atomic mass is 32.1. The number of benzene rings is 1. The molecule has 0 aliphatic heterocycles. The fraction of sp³-hybridized carbons (Fsp3) is 0.267. The van der Waals surface area contributed by atoms with Crippen LogP contribution in [0.1, 0.15) is 30.5 Å². The number of nitrogens with zero attached hydrogens (tertiary/aromatic N) is 3. The maximum absolute atomic E-state index is 10.8. The van der Waals surface area contributed by atoms with Crippen LogP contribution in [0.25, 0.3) is 10.9 Å². The molecule has 0 unspecified atom stereocenters. The first kappa shape index (κ1) is 13.8. The minimum absolute atomic E-state index is 0.121. The number of rotatable bonds is 4. The average Bonchev–Trinajstić information content (AvgIpc) is 3.06. The Balaban J connectivity index is 1.91. The molecular formula is C15H15N3O2S. The number of thiazole rings is 1. The molecule has 5 nitrogen and oxygen atoms in total. The Morgan fingerprint density at radius 3 is 2.86 bits per heavy atom. The molecule has 0 fully saturated rings. The number of hydrogen-bond acceptors (Lipinski definition) is 4. The molecule has 0 saturated heterocycles. The van der Waals surface area contributed by atoms with E-state index in [1.807, 2.05) is 12.3 Å². The van der Waals surface area contributed by atoms with Gasteiger partial charge in [-0.25, -0.2) is 4.98 Å². The first-order valence-electron chi connectivity index (χ1n) is 6.72. The van der Waals surface area contributed by atoms with Crippen molar-refractivity contribution >= 4 is 27.9 Å². The summed E-state index contributed by atoms with van der Waals surface area (Å²) >= 11 is 1.68. The van der Waals surface area contributed by atoms with Gasteiger partial charge in [0.15, 0.2) is 0 Å². The van der Waals surface area contributed by atoms with Crippen LogP contribution in [0.15, 0.2) is 35.8 Å². The number of nitro benzene ring substituents is 1. The summed E-state index contributed by atoms with van der Waals surface area (Å²) in [5, 5.41) is 14.9. The lowest BCUT2D eigenvalue weighted by Crippen LogP contribution is -1.99. The number of aromatic nitrogens is 2. The maximum atomic E-state index is 10.8. The molecule has 0 N–H and O–H groups in total. The molecule has 3 rings (SSSR count). The van der Waals surface area contributed by atoms with Crippen molar-refractivity contribution in [1.82, 2.24) is 9.55 Å². The van der Waals surface area contributed by atoms with E-state index in [0.29, 0.717) is 12.5 Å². The minimum Gasteiger partial charge on any atom is -0.341 e. The molecule has 1 aromatic carbocycles. The van der Waals surface area contributed by atoms with E-state index in [1.165, 1.54) is 0 Å². The van der Waals surface area contributed by atoms with E-state index in [2.05, 4.69) is 28.8 Å². The van der Waals surface area contributed by atoms with E-state index in [1.54, 1.807) is 29.5 Å². The summed E-state index contributed by atoms with van der Waals surface area (Å²) in [5.41, 5.74) is 2.13. The zero-order valence-corrected chi connectivity index (χ0v) is 12.6. The van der Waals surface area contributed by atoms with Crippen molar-refractivity contribution < 1.29 is 4.92 Å². The van der Waals surface area contributed by atoms with Crippen LogP contribution in [0.5, 0.6) is 0 Å². The van der Waals surface area contributed by atoms with Crippen molar-refractivity contribution in [2.24, 2.45) is 0 Å². The normalized spacial score (nSPS) is 11.4. The van der Waals surface area contributed by atoms with Crippen LogP contribution >= 0.6 is 11.3 Å². The van der Waals surface area contributed by atoms with Gasteiger partial charge in [-0.2, -0.15) is 0 Å². The SMILES string of the molecule is CC(C)c1nc(Cn2ccc3cc([N+](=O)[O-])ccc32)cs1. The minimum atomic E-state index is -0.369. The molecule has 0 aliphatic carbocycles. The second-order valence-corrected chi connectivity index (χ2v) is 6.17.